The number of ether oxygens (including phenoxy) is 2. The smallest absolute Gasteiger partial charge is 0.254 e. The summed E-state index contributed by atoms with van der Waals surface area (Å²) in [7, 11) is 5.01. The molecule has 140 valence electrons. The lowest BCUT2D eigenvalue weighted by atomic mass is 10.0. The first kappa shape index (κ1) is 18.5. The Morgan fingerprint density at radius 3 is 2.59 bits per heavy atom. The molecule has 0 aliphatic rings. The summed E-state index contributed by atoms with van der Waals surface area (Å²) in [6.07, 6.45) is 3.41. The van der Waals surface area contributed by atoms with E-state index in [0.717, 1.165) is 11.1 Å². The third-order valence-electron chi connectivity index (χ3n) is 4.70. The van der Waals surface area contributed by atoms with Gasteiger partial charge in [-0.05, 0) is 25.1 Å². The van der Waals surface area contributed by atoms with Crippen molar-refractivity contribution >= 4 is 5.91 Å². The second-order valence-corrected chi connectivity index (χ2v) is 6.18. The average molecular weight is 365 g/mol. The van der Waals surface area contributed by atoms with E-state index in [4.69, 9.17) is 9.47 Å². The summed E-state index contributed by atoms with van der Waals surface area (Å²) >= 11 is 0. The summed E-state index contributed by atoms with van der Waals surface area (Å²) in [6.45, 7) is 1.97. The lowest BCUT2D eigenvalue weighted by Crippen LogP contribution is -2.30. The molecule has 0 fully saturated rings. The highest BCUT2D eigenvalue weighted by molar-refractivity contribution is 6.00. The fourth-order valence-electron chi connectivity index (χ4n) is 3.03. The maximum Gasteiger partial charge on any atom is 0.254 e. The summed E-state index contributed by atoms with van der Waals surface area (Å²) in [5.41, 5.74) is 2.27. The number of carbonyl (C=O) groups excluding carboxylic acids is 1. The van der Waals surface area contributed by atoms with Gasteiger partial charge in [0.1, 0.15) is 17.3 Å². The van der Waals surface area contributed by atoms with E-state index >= 15 is 0 Å². The molecule has 1 heterocycles. The zero-order chi connectivity index (χ0) is 19.4. The molecule has 0 radical (unpaired) electrons. The Hall–Kier alpha value is -3.28. The number of hydrogen-bond acceptors (Lipinski definition) is 4. The number of imidazole rings is 1. The molecule has 3 rings (SSSR count). The Labute approximate surface area is 158 Å². The van der Waals surface area contributed by atoms with E-state index in [1.54, 1.807) is 38.6 Å². The minimum atomic E-state index is -0.192. The molecule has 0 saturated carbocycles. The van der Waals surface area contributed by atoms with Crippen molar-refractivity contribution in [3.05, 3.63) is 66.0 Å². The predicted molar refractivity (Wildman–Crippen MR) is 104 cm³/mol. The van der Waals surface area contributed by atoms with Gasteiger partial charge >= 0.3 is 0 Å². The predicted octanol–water partition coefficient (Wildman–Crippen LogP) is 3.93. The molecule has 0 aliphatic carbocycles. The van der Waals surface area contributed by atoms with Gasteiger partial charge in [-0.15, -0.1) is 0 Å². The zero-order valence-corrected chi connectivity index (χ0v) is 15.9. The summed E-state index contributed by atoms with van der Waals surface area (Å²) in [5, 5.41) is 0. The van der Waals surface area contributed by atoms with Crippen LogP contribution in [-0.4, -0.2) is 42.0 Å². The fraction of sp³-hybridized carbons (Fsp3) is 0.238. The minimum Gasteiger partial charge on any atom is -0.497 e. The Morgan fingerprint density at radius 2 is 1.93 bits per heavy atom. The van der Waals surface area contributed by atoms with Crippen LogP contribution in [0, 0.1) is 0 Å². The van der Waals surface area contributed by atoms with Crippen LogP contribution in [0.1, 0.15) is 28.9 Å². The van der Waals surface area contributed by atoms with Gasteiger partial charge in [-0.25, -0.2) is 4.98 Å². The third-order valence-corrected chi connectivity index (χ3v) is 4.70. The van der Waals surface area contributed by atoms with Crippen LogP contribution in [0.15, 0.2) is 54.9 Å². The molecule has 0 bridgehead atoms. The van der Waals surface area contributed by atoms with Gasteiger partial charge in [-0.1, -0.05) is 18.2 Å². The Balaban J connectivity index is 1.93. The maximum atomic E-state index is 13.2. The minimum absolute atomic E-state index is 0.0904. The molecule has 1 aromatic heterocycles. The van der Waals surface area contributed by atoms with E-state index in [-0.39, 0.29) is 11.9 Å². The second-order valence-electron chi connectivity index (χ2n) is 6.18. The molecule has 0 saturated heterocycles. The number of aromatic amines is 1. The van der Waals surface area contributed by atoms with Crippen molar-refractivity contribution in [1.29, 1.82) is 0 Å². The van der Waals surface area contributed by atoms with Gasteiger partial charge < -0.3 is 19.4 Å². The van der Waals surface area contributed by atoms with Crippen molar-refractivity contribution in [3.63, 3.8) is 0 Å². The van der Waals surface area contributed by atoms with Gasteiger partial charge in [0, 0.05) is 36.6 Å². The van der Waals surface area contributed by atoms with E-state index in [1.165, 1.54) is 0 Å². The first-order valence-corrected chi connectivity index (χ1v) is 8.64. The number of benzene rings is 2. The molecular weight excluding hydrogens is 342 g/mol. The SMILES string of the molecule is COc1ccc([C@@H](C)N(C)C(=O)c2ccccc2-c2ncc[nH]2)c(OC)c1. The average Bonchev–Trinajstić information content (AvgIpc) is 3.26. The van der Waals surface area contributed by atoms with Crippen molar-refractivity contribution in [2.75, 3.05) is 21.3 Å². The summed E-state index contributed by atoms with van der Waals surface area (Å²) in [4.78, 5) is 22.3. The van der Waals surface area contributed by atoms with Crippen LogP contribution < -0.4 is 9.47 Å². The van der Waals surface area contributed by atoms with Crippen molar-refractivity contribution in [3.8, 4) is 22.9 Å². The Bertz CT molecular complexity index is 922. The number of amides is 1. The molecule has 0 aliphatic heterocycles. The highest BCUT2D eigenvalue weighted by atomic mass is 16.5. The molecule has 6 nitrogen and oxygen atoms in total. The van der Waals surface area contributed by atoms with E-state index in [1.807, 2.05) is 49.4 Å². The number of hydrogen-bond donors (Lipinski definition) is 1. The van der Waals surface area contributed by atoms with Crippen LogP contribution in [0.25, 0.3) is 11.4 Å². The van der Waals surface area contributed by atoms with Crippen molar-refractivity contribution in [2.24, 2.45) is 0 Å². The first-order valence-electron chi connectivity index (χ1n) is 8.64. The molecule has 0 spiro atoms. The summed E-state index contributed by atoms with van der Waals surface area (Å²) < 4.78 is 10.7. The lowest BCUT2D eigenvalue weighted by Gasteiger charge is -2.27. The van der Waals surface area contributed by atoms with Gasteiger partial charge in [0.2, 0.25) is 0 Å². The van der Waals surface area contributed by atoms with Crippen molar-refractivity contribution < 1.29 is 14.3 Å². The van der Waals surface area contributed by atoms with E-state index in [0.29, 0.717) is 22.9 Å². The molecule has 1 amide bonds. The van der Waals surface area contributed by atoms with Gasteiger partial charge in [-0.2, -0.15) is 0 Å². The Morgan fingerprint density at radius 1 is 1.15 bits per heavy atom. The molecule has 1 N–H and O–H groups in total. The first-order chi connectivity index (χ1) is 13.1. The summed E-state index contributed by atoms with van der Waals surface area (Å²) in [6, 6.07) is 12.9. The molecule has 1 atom stereocenters. The second kappa shape index (κ2) is 7.95. The van der Waals surface area contributed by atoms with Gasteiger partial charge in [-0.3, -0.25) is 4.79 Å². The van der Waals surface area contributed by atoms with Crippen LogP contribution in [0.3, 0.4) is 0 Å². The molecule has 6 heteroatoms. The monoisotopic (exact) mass is 365 g/mol. The molecule has 2 aromatic carbocycles. The number of carbonyl (C=O) groups is 1. The molecular formula is C21H23N3O3. The highest BCUT2D eigenvalue weighted by Crippen LogP contribution is 2.33. The van der Waals surface area contributed by atoms with Crippen LogP contribution in [0.2, 0.25) is 0 Å². The lowest BCUT2D eigenvalue weighted by molar-refractivity contribution is 0.0742. The maximum absolute atomic E-state index is 13.2. The number of rotatable bonds is 6. The topological polar surface area (TPSA) is 67.5 Å². The standard InChI is InChI=1S/C21H23N3O3/c1-14(16-10-9-15(26-3)13-19(16)27-4)24(2)21(25)18-8-6-5-7-17(18)20-22-11-12-23-20/h5-14H,1-4H3,(H,22,23)/t14-/m1/s1. The normalized spacial score (nSPS) is 11.7. The Kier molecular flexibility index (Phi) is 5.45. The van der Waals surface area contributed by atoms with E-state index < -0.39 is 0 Å². The van der Waals surface area contributed by atoms with Gasteiger partial charge in [0.15, 0.2) is 0 Å². The largest absolute Gasteiger partial charge is 0.497 e. The van der Waals surface area contributed by atoms with Crippen LogP contribution in [0.5, 0.6) is 11.5 Å². The van der Waals surface area contributed by atoms with E-state index in [2.05, 4.69) is 9.97 Å². The van der Waals surface area contributed by atoms with Crippen LogP contribution in [-0.2, 0) is 0 Å². The third kappa shape index (κ3) is 3.65. The molecule has 27 heavy (non-hydrogen) atoms. The fourth-order valence-corrected chi connectivity index (χ4v) is 3.03. The number of nitrogens with zero attached hydrogens (tertiary/aromatic N) is 2. The van der Waals surface area contributed by atoms with Gasteiger partial charge in [0.05, 0.1) is 25.8 Å². The number of aromatic nitrogens is 2. The summed E-state index contributed by atoms with van der Waals surface area (Å²) in [5.74, 6) is 1.97. The highest BCUT2D eigenvalue weighted by Gasteiger charge is 2.24. The van der Waals surface area contributed by atoms with Crippen molar-refractivity contribution in [1.82, 2.24) is 14.9 Å². The molecule has 0 unspecified atom stereocenters. The van der Waals surface area contributed by atoms with Gasteiger partial charge in [0.25, 0.3) is 5.91 Å². The number of methoxy groups -OCH3 is 2. The molecule has 3 aromatic rings. The number of nitrogens with one attached hydrogen (secondary N) is 1. The zero-order valence-electron chi connectivity index (χ0n) is 15.9. The van der Waals surface area contributed by atoms with Crippen LogP contribution >= 0.6 is 0 Å². The van der Waals surface area contributed by atoms with E-state index in [9.17, 15) is 4.79 Å². The van der Waals surface area contributed by atoms with Crippen LogP contribution in [0.4, 0.5) is 0 Å². The quantitative estimate of drug-likeness (QED) is 0.719. The van der Waals surface area contributed by atoms with Crippen molar-refractivity contribution in [2.45, 2.75) is 13.0 Å². The number of H-pyrrole nitrogens is 1.